The summed E-state index contributed by atoms with van der Waals surface area (Å²) in [4.78, 5) is 103. The van der Waals surface area contributed by atoms with Crippen molar-refractivity contribution in [3.8, 4) is 0 Å². The molecule has 18 nitrogen and oxygen atoms in total. The molecule has 8 bridgehead atoms. The normalized spacial score (nSPS) is 17.4. The number of nitrogens with zero attached hydrogens (tertiary/aromatic N) is 4. The molecule has 0 spiro atoms. The summed E-state index contributed by atoms with van der Waals surface area (Å²) in [5.74, 6) is -8.61. The fraction of sp³-hybridized carbons (Fsp3) is 0.308. The number of fused-ring (bicyclic) bond motifs is 4. The lowest BCUT2D eigenvalue weighted by atomic mass is 9.92. The Hall–Kier alpha value is -7.11. The Bertz CT molecular complexity index is 2300. The van der Waals surface area contributed by atoms with Crippen LogP contribution < -0.4 is 0 Å². The molecule has 18 heteroatoms. The van der Waals surface area contributed by atoms with Gasteiger partial charge < -0.3 is 35.7 Å². The molecular weight excluding hydrogens is 748 g/mol. The van der Waals surface area contributed by atoms with E-state index in [1.165, 1.54) is 24.3 Å². The van der Waals surface area contributed by atoms with Gasteiger partial charge in [0.2, 0.25) is 0 Å². The highest BCUT2D eigenvalue weighted by Gasteiger charge is 2.33. The molecule has 0 saturated carbocycles. The zero-order valence-electron chi connectivity index (χ0n) is 30.4. The van der Waals surface area contributed by atoms with Gasteiger partial charge in [0, 0.05) is 25.7 Å². The third kappa shape index (κ3) is 9.77. The summed E-state index contributed by atoms with van der Waals surface area (Å²) in [6, 6.07) is 0. The van der Waals surface area contributed by atoms with Crippen LogP contribution in [-0.4, -0.2) is 100 Å². The van der Waals surface area contributed by atoms with Gasteiger partial charge >= 0.3 is 41.8 Å². The van der Waals surface area contributed by atoms with Gasteiger partial charge in [0.15, 0.2) is 0 Å². The van der Waals surface area contributed by atoms with Crippen LogP contribution in [0.5, 0.6) is 0 Å². The molecule has 0 aromatic carbocycles. The highest BCUT2D eigenvalue weighted by molar-refractivity contribution is 6.21. The van der Waals surface area contributed by atoms with Crippen molar-refractivity contribution in [3.63, 3.8) is 0 Å². The number of hydrogen-bond donors (Lipinski definition) is 7. The lowest BCUT2D eigenvalue weighted by molar-refractivity contribution is -0.138. The minimum atomic E-state index is -1.32. The summed E-state index contributed by atoms with van der Waals surface area (Å²) in [5.41, 5.74) is 2.59. The maximum atomic E-state index is 12.3. The van der Waals surface area contributed by atoms with Crippen molar-refractivity contribution < 1.29 is 69.3 Å². The summed E-state index contributed by atoms with van der Waals surface area (Å²) in [6.07, 6.45) is 1.42. The first-order valence-electron chi connectivity index (χ1n) is 17.5. The molecule has 5 aliphatic rings. The molecule has 0 radical (unpaired) electrons. The highest BCUT2D eigenvalue weighted by atomic mass is 16.4. The Morgan fingerprint density at radius 2 is 0.614 bits per heavy atom. The van der Waals surface area contributed by atoms with Gasteiger partial charge in [-0.1, -0.05) is 0 Å². The van der Waals surface area contributed by atoms with Gasteiger partial charge in [-0.15, -0.1) is 0 Å². The van der Waals surface area contributed by atoms with E-state index in [2.05, 4.69) is 9.98 Å². The van der Waals surface area contributed by atoms with Crippen LogP contribution in [0.2, 0.25) is 0 Å². The zero-order chi connectivity index (χ0) is 41.7. The van der Waals surface area contributed by atoms with Crippen LogP contribution in [0.15, 0.2) is 112 Å². The third-order valence-electron chi connectivity index (χ3n) is 9.49. The van der Waals surface area contributed by atoms with Crippen LogP contribution in [0.4, 0.5) is 0 Å². The van der Waals surface area contributed by atoms with Gasteiger partial charge in [-0.2, -0.15) is 0 Å². The first-order chi connectivity index (χ1) is 26.9. The third-order valence-corrected chi connectivity index (χ3v) is 9.49. The molecule has 7 N–H and O–H groups in total. The zero-order valence-corrected chi connectivity index (χ0v) is 30.4. The van der Waals surface area contributed by atoms with E-state index in [1.807, 2.05) is 0 Å². The number of carbonyl (C=O) groups is 7. The summed E-state index contributed by atoms with van der Waals surface area (Å²) < 4.78 is 0. The van der Waals surface area contributed by atoms with Crippen LogP contribution in [0, 0.1) is 0 Å². The number of rotatable bonds is 18. The van der Waals surface area contributed by atoms with E-state index in [1.54, 1.807) is 6.92 Å². The maximum absolute atomic E-state index is 12.3. The van der Waals surface area contributed by atoms with Crippen LogP contribution >= 0.6 is 0 Å². The molecule has 0 aromatic rings. The fourth-order valence-electron chi connectivity index (χ4n) is 6.97. The molecule has 0 atom stereocenters. The van der Waals surface area contributed by atoms with E-state index in [4.69, 9.17) is 9.98 Å². The average Bonchev–Trinajstić information content (AvgIpc) is 3.77. The predicted octanol–water partition coefficient (Wildman–Crippen LogP) is 4.44. The summed E-state index contributed by atoms with van der Waals surface area (Å²) in [7, 11) is 0. The second-order valence-corrected chi connectivity index (χ2v) is 13.4. The molecule has 5 heterocycles. The smallest absolute Gasteiger partial charge is 0.307 e. The second kappa shape index (κ2) is 17.1. The number of carboxylic acid groups (broad SMARTS) is 7. The Morgan fingerprint density at radius 1 is 0.368 bits per heavy atom. The van der Waals surface area contributed by atoms with Crippen LogP contribution in [0.1, 0.15) is 77.6 Å². The van der Waals surface area contributed by atoms with Crippen molar-refractivity contribution >= 4 is 64.6 Å². The fourth-order valence-corrected chi connectivity index (χ4v) is 6.97. The molecule has 5 rings (SSSR count). The first kappa shape index (κ1) is 41.1. The summed E-state index contributed by atoms with van der Waals surface area (Å²) in [6.45, 7) is 1.66. The second-order valence-electron chi connectivity index (χ2n) is 13.4. The number of hydrogen-bond acceptors (Lipinski definition) is 11. The number of allylic oxidation sites excluding steroid dienone is 12. The van der Waals surface area contributed by atoms with Gasteiger partial charge in [0.05, 0.1) is 64.9 Å². The van der Waals surface area contributed by atoms with E-state index in [-0.39, 0.29) is 111 Å². The molecule has 0 unspecified atom stereocenters. The molecule has 0 fully saturated rings. The maximum Gasteiger partial charge on any atom is 0.307 e. The predicted molar refractivity (Wildman–Crippen MR) is 200 cm³/mol. The highest BCUT2D eigenvalue weighted by Crippen LogP contribution is 2.40. The van der Waals surface area contributed by atoms with E-state index in [9.17, 15) is 69.3 Å². The first-order valence-corrected chi connectivity index (χ1v) is 17.5. The van der Waals surface area contributed by atoms with Gasteiger partial charge in [-0.25, -0.2) is 20.0 Å². The quantitative estimate of drug-likeness (QED) is 0.101. The van der Waals surface area contributed by atoms with E-state index in [0.29, 0.717) is 11.1 Å². The van der Waals surface area contributed by atoms with Crippen molar-refractivity contribution in [2.45, 2.75) is 77.6 Å². The largest absolute Gasteiger partial charge is 0.481 e. The summed E-state index contributed by atoms with van der Waals surface area (Å²) >= 11 is 0. The SMILES string of the molecule is CC1=C(CCC(=O)O)C2=NC1=CC1=NC(=CC3=NC(=CC4=NC(=C2)C(CC(=O)O)=C4CCC(=O)O)C(CC(=O)O)=C3CCC(=O)O)C(CC(=O)O)=C1CCC(=O)O. The van der Waals surface area contributed by atoms with Crippen LogP contribution in [-0.2, 0) is 33.6 Å². The topological polar surface area (TPSA) is 311 Å². The molecular formula is C39H36N4O14. The van der Waals surface area contributed by atoms with Gasteiger partial charge in [0.1, 0.15) is 0 Å². The summed E-state index contributed by atoms with van der Waals surface area (Å²) in [5, 5.41) is 68.3. The van der Waals surface area contributed by atoms with Crippen molar-refractivity contribution in [2.24, 2.45) is 20.0 Å². The van der Waals surface area contributed by atoms with Crippen molar-refractivity contribution in [1.29, 1.82) is 0 Å². The Kier molecular flexibility index (Phi) is 12.3. The van der Waals surface area contributed by atoms with Crippen molar-refractivity contribution in [3.05, 3.63) is 91.7 Å². The Morgan fingerprint density at radius 3 is 0.895 bits per heavy atom. The Labute approximate surface area is 322 Å². The van der Waals surface area contributed by atoms with Gasteiger partial charge in [-0.05, 0) is 101 Å². The van der Waals surface area contributed by atoms with Crippen LogP contribution in [0.25, 0.3) is 0 Å². The number of aliphatic carboxylic acids is 7. The van der Waals surface area contributed by atoms with Crippen LogP contribution in [0.3, 0.4) is 0 Å². The van der Waals surface area contributed by atoms with E-state index >= 15 is 0 Å². The monoisotopic (exact) mass is 784 g/mol. The minimum absolute atomic E-state index is 0.0189. The van der Waals surface area contributed by atoms with E-state index in [0.717, 1.165) is 0 Å². The van der Waals surface area contributed by atoms with E-state index < -0.39 is 80.3 Å². The van der Waals surface area contributed by atoms with Gasteiger partial charge in [0.25, 0.3) is 0 Å². The number of aliphatic imine (C=N–C) groups is 4. The molecule has 0 amide bonds. The molecule has 0 aromatic heterocycles. The standard InChI is InChI=1S/C39H36N4O14/c1-17-18(2-6-33(44)45)26-14-30-23(11-38(54)55)20(4-8-35(48)49)28(42-30)16-32-24(12-39(56)57)21(5-9-36(50)51)29(43-32)15-31-22(10-37(52)53)19(3-7-34(46)47)27(41-31)13-25(17)40-26/h13-16H,2-12H2,1H3,(H,44,45)(H,46,47)(H,48,49)(H,50,51)(H,52,53)(H,54,55)(H,56,57). The molecule has 5 aliphatic heterocycles. The molecule has 57 heavy (non-hydrogen) atoms. The van der Waals surface area contributed by atoms with Gasteiger partial charge in [-0.3, -0.25) is 33.6 Å². The molecule has 296 valence electrons. The molecule has 0 aliphatic carbocycles. The molecule has 0 saturated heterocycles. The lowest BCUT2D eigenvalue weighted by Gasteiger charge is -2.09. The number of carboxylic acids is 7. The minimum Gasteiger partial charge on any atom is -0.481 e. The lowest BCUT2D eigenvalue weighted by Crippen LogP contribution is -2.08. The van der Waals surface area contributed by atoms with Crippen molar-refractivity contribution in [2.75, 3.05) is 0 Å². The van der Waals surface area contributed by atoms with Crippen molar-refractivity contribution in [1.82, 2.24) is 0 Å². The average molecular weight is 785 g/mol. The Balaban J connectivity index is 1.90.